The van der Waals surface area contributed by atoms with Crippen LogP contribution in [0.5, 0.6) is 5.75 Å². The molecule has 32 heavy (non-hydrogen) atoms. The first-order valence-corrected chi connectivity index (χ1v) is 11.4. The third kappa shape index (κ3) is 3.72. The number of fused-ring (bicyclic) bond motifs is 2. The zero-order chi connectivity index (χ0) is 22.4. The van der Waals surface area contributed by atoms with Crippen molar-refractivity contribution in [1.29, 1.82) is 0 Å². The lowest BCUT2D eigenvalue weighted by Crippen LogP contribution is -2.44. The van der Waals surface area contributed by atoms with Gasteiger partial charge in [0, 0.05) is 5.56 Å². The van der Waals surface area contributed by atoms with E-state index in [0.29, 0.717) is 32.6 Å². The number of H-pyrrole nitrogens is 1. The lowest BCUT2D eigenvalue weighted by atomic mass is 10.1. The molecule has 1 aliphatic rings. The monoisotopic (exact) mass is 485 g/mol. The van der Waals surface area contributed by atoms with Crippen LogP contribution in [0.25, 0.3) is 10.2 Å². The first-order valence-electron chi connectivity index (χ1n) is 9.86. The van der Waals surface area contributed by atoms with Crippen molar-refractivity contribution in [3.05, 3.63) is 86.3 Å². The number of halogens is 2. The molecule has 4 aromatic rings. The molecular formula is C23H17Cl2N3O3S. The van der Waals surface area contributed by atoms with Gasteiger partial charge in [0.25, 0.3) is 11.8 Å². The third-order valence-electron chi connectivity index (χ3n) is 5.56. The zero-order valence-corrected chi connectivity index (χ0v) is 18.8. The molecule has 2 atom stereocenters. The lowest BCUT2D eigenvalue weighted by Gasteiger charge is -2.23. The van der Waals surface area contributed by atoms with E-state index < -0.39 is 6.04 Å². The molecule has 2 aromatic carbocycles. The molecule has 0 spiro atoms. The van der Waals surface area contributed by atoms with Gasteiger partial charge in [-0.2, -0.15) is 0 Å². The van der Waals surface area contributed by atoms with Gasteiger partial charge in [-0.15, -0.1) is 11.3 Å². The molecule has 0 aliphatic heterocycles. The molecule has 2 aromatic heterocycles. The number of amides is 2. The Labute approximate surface area is 197 Å². The van der Waals surface area contributed by atoms with Crippen molar-refractivity contribution in [2.75, 3.05) is 0 Å². The molecule has 2 amide bonds. The minimum absolute atomic E-state index is 0.0137. The Morgan fingerprint density at radius 3 is 2.62 bits per heavy atom. The van der Waals surface area contributed by atoms with E-state index in [-0.39, 0.29) is 23.6 Å². The standard InChI is InChI=1S/C23H17Cl2N3O3S/c24-18-20-17(32-21(18)25)10-16(26-20)23(31)27-15-9-11-4-1-2-7-14(11)19(15)28-22(30)12-5-3-6-13(29)8-12/h1-8,10,15,19,26,29H,9H2,(H,27,31)(H,28,30)/t15-,19+/m0/s1. The Morgan fingerprint density at radius 2 is 1.84 bits per heavy atom. The number of rotatable bonds is 4. The second-order valence-corrected chi connectivity index (χ2v) is 9.63. The van der Waals surface area contributed by atoms with Gasteiger partial charge < -0.3 is 20.7 Å². The number of aromatic amines is 1. The van der Waals surface area contributed by atoms with Crippen LogP contribution in [0.1, 0.15) is 38.0 Å². The van der Waals surface area contributed by atoms with Crippen LogP contribution in [0.3, 0.4) is 0 Å². The van der Waals surface area contributed by atoms with E-state index in [1.165, 1.54) is 23.5 Å². The van der Waals surface area contributed by atoms with Gasteiger partial charge in [0.2, 0.25) is 0 Å². The molecule has 0 radical (unpaired) electrons. The van der Waals surface area contributed by atoms with Gasteiger partial charge in [-0.05, 0) is 41.8 Å². The van der Waals surface area contributed by atoms with Crippen molar-refractivity contribution in [2.24, 2.45) is 0 Å². The van der Waals surface area contributed by atoms with Gasteiger partial charge in [0.1, 0.15) is 15.8 Å². The number of benzene rings is 2. The summed E-state index contributed by atoms with van der Waals surface area (Å²) in [5.41, 5.74) is 3.36. The van der Waals surface area contributed by atoms with Crippen molar-refractivity contribution in [2.45, 2.75) is 18.5 Å². The van der Waals surface area contributed by atoms with Gasteiger partial charge in [0.15, 0.2) is 0 Å². The highest BCUT2D eigenvalue weighted by molar-refractivity contribution is 7.23. The Hall–Kier alpha value is -3.00. The molecule has 2 heterocycles. The van der Waals surface area contributed by atoms with E-state index in [2.05, 4.69) is 15.6 Å². The predicted octanol–water partition coefficient (Wildman–Crippen LogP) is 5.07. The number of aromatic nitrogens is 1. The molecule has 6 nitrogen and oxygen atoms in total. The fourth-order valence-electron chi connectivity index (χ4n) is 4.07. The number of carbonyl (C=O) groups is 2. The van der Waals surface area contributed by atoms with Crippen LogP contribution in [-0.2, 0) is 6.42 Å². The van der Waals surface area contributed by atoms with Crippen molar-refractivity contribution in [3.8, 4) is 5.75 Å². The summed E-state index contributed by atoms with van der Waals surface area (Å²) in [5.74, 6) is -0.613. The lowest BCUT2D eigenvalue weighted by molar-refractivity contribution is 0.0885. The molecule has 0 saturated heterocycles. The van der Waals surface area contributed by atoms with Gasteiger partial charge in [-0.3, -0.25) is 9.59 Å². The summed E-state index contributed by atoms with van der Waals surface area (Å²) in [6.07, 6.45) is 0.578. The number of hydrogen-bond acceptors (Lipinski definition) is 4. The number of phenolic OH excluding ortho intramolecular Hbond substituents is 1. The fraction of sp³-hybridized carbons (Fsp3) is 0.130. The summed E-state index contributed by atoms with van der Waals surface area (Å²) in [7, 11) is 0. The van der Waals surface area contributed by atoms with Crippen LogP contribution in [0.4, 0.5) is 0 Å². The normalized spacial score (nSPS) is 17.3. The molecule has 5 rings (SSSR count). The first kappa shape index (κ1) is 20.9. The Kier molecular flexibility index (Phi) is 5.33. The van der Waals surface area contributed by atoms with Crippen LogP contribution in [-0.4, -0.2) is 27.9 Å². The van der Waals surface area contributed by atoms with Crippen molar-refractivity contribution in [1.82, 2.24) is 15.6 Å². The smallest absolute Gasteiger partial charge is 0.268 e. The van der Waals surface area contributed by atoms with Gasteiger partial charge in [-0.25, -0.2) is 0 Å². The van der Waals surface area contributed by atoms with Crippen LogP contribution >= 0.6 is 34.5 Å². The molecule has 1 aliphatic carbocycles. The van der Waals surface area contributed by atoms with Crippen molar-refractivity contribution < 1.29 is 14.7 Å². The van der Waals surface area contributed by atoms with E-state index >= 15 is 0 Å². The maximum absolute atomic E-state index is 13.0. The van der Waals surface area contributed by atoms with Crippen molar-refractivity contribution in [3.63, 3.8) is 0 Å². The molecule has 9 heteroatoms. The topological polar surface area (TPSA) is 94.2 Å². The van der Waals surface area contributed by atoms with Gasteiger partial charge >= 0.3 is 0 Å². The van der Waals surface area contributed by atoms with Crippen LogP contribution in [0.15, 0.2) is 54.6 Å². The van der Waals surface area contributed by atoms with Gasteiger partial charge in [0.05, 0.1) is 27.3 Å². The Balaban J connectivity index is 1.40. The molecule has 4 N–H and O–H groups in total. The predicted molar refractivity (Wildman–Crippen MR) is 126 cm³/mol. The first-order chi connectivity index (χ1) is 15.4. The second kappa shape index (κ2) is 8.16. The van der Waals surface area contributed by atoms with E-state index in [1.807, 2.05) is 24.3 Å². The maximum Gasteiger partial charge on any atom is 0.268 e. The quantitative estimate of drug-likeness (QED) is 0.325. The number of aromatic hydroxyl groups is 1. The second-order valence-electron chi connectivity index (χ2n) is 7.60. The molecule has 0 fully saturated rings. The van der Waals surface area contributed by atoms with E-state index in [1.54, 1.807) is 18.2 Å². The Morgan fingerprint density at radius 1 is 1.03 bits per heavy atom. The minimum Gasteiger partial charge on any atom is -0.508 e. The van der Waals surface area contributed by atoms with E-state index in [9.17, 15) is 14.7 Å². The Bertz CT molecular complexity index is 1360. The number of hydrogen-bond donors (Lipinski definition) is 4. The number of carbonyl (C=O) groups excluding carboxylic acids is 2. The molecule has 0 saturated carbocycles. The minimum atomic E-state index is -0.417. The van der Waals surface area contributed by atoms with Crippen LogP contribution in [0.2, 0.25) is 9.36 Å². The highest BCUT2D eigenvalue weighted by atomic mass is 35.5. The number of nitrogens with one attached hydrogen (secondary N) is 3. The van der Waals surface area contributed by atoms with Crippen LogP contribution in [0, 0.1) is 0 Å². The SMILES string of the molecule is O=C(N[C@@H]1c2ccccc2C[C@@H]1NC(=O)c1cc2sc(Cl)c(Cl)c2[nH]1)c1cccc(O)c1. The van der Waals surface area contributed by atoms with Gasteiger partial charge in [-0.1, -0.05) is 53.5 Å². The van der Waals surface area contributed by atoms with E-state index in [4.69, 9.17) is 23.2 Å². The molecule has 0 unspecified atom stereocenters. The average molecular weight is 486 g/mol. The molecule has 162 valence electrons. The fourth-order valence-corrected chi connectivity index (χ4v) is 5.55. The zero-order valence-electron chi connectivity index (χ0n) is 16.5. The maximum atomic E-state index is 13.0. The summed E-state index contributed by atoms with van der Waals surface area (Å²) in [6.45, 7) is 0. The third-order valence-corrected chi connectivity index (χ3v) is 7.49. The summed E-state index contributed by atoms with van der Waals surface area (Å²) in [6, 6.07) is 14.9. The summed E-state index contributed by atoms with van der Waals surface area (Å²) < 4.78 is 1.27. The number of phenols is 1. The van der Waals surface area contributed by atoms with E-state index in [0.717, 1.165) is 15.8 Å². The van der Waals surface area contributed by atoms with Crippen molar-refractivity contribution >= 4 is 56.6 Å². The molecular weight excluding hydrogens is 469 g/mol. The summed E-state index contributed by atoms with van der Waals surface area (Å²) in [4.78, 5) is 28.9. The average Bonchev–Trinajstić information content (AvgIpc) is 3.42. The number of thiophene rings is 1. The highest BCUT2D eigenvalue weighted by Crippen LogP contribution is 2.39. The molecule has 0 bridgehead atoms. The summed E-state index contributed by atoms with van der Waals surface area (Å²) in [5, 5.41) is 16.1. The van der Waals surface area contributed by atoms with Crippen LogP contribution < -0.4 is 10.6 Å². The highest BCUT2D eigenvalue weighted by Gasteiger charge is 2.35. The largest absolute Gasteiger partial charge is 0.508 e. The summed E-state index contributed by atoms with van der Waals surface area (Å²) >= 11 is 13.5.